The maximum absolute atomic E-state index is 15.3. The van der Waals surface area contributed by atoms with E-state index in [0.29, 0.717) is 21.9 Å². The van der Waals surface area contributed by atoms with Gasteiger partial charge >= 0.3 is 0 Å². The minimum atomic E-state index is -0.650. The van der Waals surface area contributed by atoms with Gasteiger partial charge in [0.05, 0.1) is 16.3 Å². The molecule has 0 saturated carbocycles. The second-order valence-electron chi connectivity index (χ2n) is 5.54. The van der Waals surface area contributed by atoms with Crippen LogP contribution in [0.4, 0.5) is 8.78 Å². The van der Waals surface area contributed by atoms with Crippen molar-refractivity contribution in [2.75, 3.05) is 0 Å². The highest BCUT2D eigenvalue weighted by atomic mass is 19.1. The highest BCUT2D eigenvalue weighted by Gasteiger charge is 2.23. The minimum absolute atomic E-state index is 0.105. The van der Waals surface area contributed by atoms with Crippen LogP contribution in [-0.2, 0) is 7.05 Å². The van der Waals surface area contributed by atoms with Crippen molar-refractivity contribution in [1.82, 2.24) is 4.98 Å². The lowest BCUT2D eigenvalue weighted by Crippen LogP contribution is -2.30. The predicted molar refractivity (Wildman–Crippen MR) is 82.8 cm³/mol. The number of aromatic nitrogens is 2. The van der Waals surface area contributed by atoms with Gasteiger partial charge in [-0.05, 0) is 36.8 Å². The van der Waals surface area contributed by atoms with Crippen LogP contribution in [0.1, 0.15) is 5.56 Å². The van der Waals surface area contributed by atoms with Gasteiger partial charge in [-0.1, -0.05) is 0 Å². The molecule has 5 heteroatoms. The first kappa shape index (κ1) is 13.8. The number of furan rings is 1. The smallest absolute Gasteiger partial charge is 0.230 e. The Kier molecular flexibility index (Phi) is 2.91. The summed E-state index contributed by atoms with van der Waals surface area (Å²) in [6.45, 7) is 1.83. The van der Waals surface area contributed by atoms with Gasteiger partial charge in [0.2, 0.25) is 17.4 Å². The summed E-state index contributed by atoms with van der Waals surface area (Å²) >= 11 is 0. The third-order valence-corrected chi connectivity index (χ3v) is 4.04. The van der Waals surface area contributed by atoms with Crippen molar-refractivity contribution in [3.63, 3.8) is 0 Å². The van der Waals surface area contributed by atoms with Gasteiger partial charge in [-0.2, -0.15) is 9.37 Å². The van der Waals surface area contributed by atoms with Gasteiger partial charge < -0.3 is 4.42 Å². The fourth-order valence-corrected chi connectivity index (χ4v) is 2.97. The summed E-state index contributed by atoms with van der Waals surface area (Å²) in [7, 11) is 1.86. The van der Waals surface area contributed by atoms with Gasteiger partial charge in [0, 0.05) is 12.1 Å². The molecule has 23 heavy (non-hydrogen) atoms. The number of pyridine rings is 2. The molecule has 0 atom stereocenters. The Hall–Kier alpha value is -2.82. The summed E-state index contributed by atoms with van der Waals surface area (Å²) in [4.78, 5) is 3.70. The third-order valence-electron chi connectivity index (χ3n) is 4.04. The molecule has 0 spiro atoms. The summed E-state index contributed by atoms with van der Waals surface area (Å²) < 4.78 is 35.9. The second kappa shape index (κ2) is 4.84. The highest BCUT2D eigenvalue weighted by molar-refractivity contribution is 6.05. The summed E-state index contributed by atoms with van der Waals surface area (Å²) in [5, 5.41) is 0.802. The molecular weight excluding hydrogens is 298 g/mol. The van der Waals surface area contributed by atoms with Crippen LogP contribution in [0.15, 0.2) is 47.0 Å². The van der Waals surface area contributed by atoms with Crippen molar-refractivity contribution in [3.05, 3.63) is 59.9 Å². The Bertz CT molecular complexity index is 1070. The Balaban J connectivity index is 2.14. The van der Waals surface area contributed by atoms with Crippen LogP contribution < -0.4 is 4.57 Å². The van der Waals surface area contributed by atoms with E-state index in [9.17, 15) is 4.39 Å². The first-order chi connectivity index (χ1) is 11.1. The lowest BCUT2D eigenvalue weighted by molar-refractivity contribution is -0.660. The fraction of sp³-hybridized carbons (Fsp3) is 0.111. The molecule has 0 unspecified atom stereocenters. The largest absolute Gasteiger partial charge is 0.437 e. The minimum Gasteiger partial charge on any atom is -0.437 e. The molecule has 3 aromatic heterocycles. The highest BCUT2D eigenvalue weighted by Crippen LogP contribution is 2.36. The third kappa shape index (κ3) is 2.00. The number of halogens is 2. The number of benzene rings is 1. The molecule has 4 aromatic rings. The fourth-order valence-electron chi connectivity index (χ4n) is 2.97. The van der Waals surface area contributed by atoms with Crippen LogP contribution in [0.25, 0.3) is 33.3 Å². The summed E-state index contributed by atoms with van der Waals surface area (Å²) in [6, 6.07) is 10.1. The van der Waals surface area contributed by atoms with E-state index >= 15 is 4.39 Å². The lowest BCUT2D eigenvalue weighted by atomic mass is 10.0. The molecule has 1 aromatic carbocycles. The SMILES string of the molecule is Cc1cc2oc3nc(F)ccc3c2c(F)c1-c1cccc[n+]1C. The molecule has 0 amide bonds. The van der Waals surface area contributed by atoms with Crippen LogP contribution in [0.5, 0.6) is 0 Å². The molecular formula is C18H13F2N2O+. The number of hydrogen-bond acceptors (Lipinski definition) is 2. The molecule has 0 saturated heterocycles. The molecule has 0 radical (unpaired) electrons. The van der Waals surface area contributed by atoms with Crippen molar-refractivity contribution in [2.45, 2.75) is 6.92 Å². The number of aryl methyl sites for hydroxylation is 2. The van der Waals surface area contributed by atoms with E-state index in [1.165, 1.54) is 12.1 Å². The molecule has 0 aliphatic rings. The van der Waals surface area contributed by atoms with Gasteiger partial charge in [0.15, 0.2) is 6.20 Å². The van der Waals surface area contributed by atoms with E-state index in [1.807, 2.05) is 42.9 Å². The quantitative estimate of drug-likeness (QED) is 0.392. The van der Waals surface area contributed by atoms with Crippen LogP contribution in [0.2, 0.25) is 0 Å². The Morgan fingerprint density at radius 2 is 1.96 bits per heavy atom. The van der Waals surface area contributed by atoms with Gasteiger partial charge in [-0.3, -0.25) is 0 Å². The Labute approximate surface area is 130 Å². The molecule has 0 bridgehead atoms. The van der Waals surface area contributed by atoms with Gasteiger partial charge in [-0.15, -0.1) is 0 Å². The zero-order valence-corrected chi connectivity index (χ0v) is 12.6. The Morgan fingerprint density at radius 3 is 2.74 bits per heavy atom. The standard InChI is InChI=1S/C18H13F2N2O/c1-10-9-13-16(11-6-7-14(19)21-18(11)23-13)17(20)15(10)12-5-3-4-8-22(12)2/h3-9H,1-2H3/q+1. The number of rotatable bonds is 1. The zero-order valence-electron chi connectivity index (χ0n) is 12.6. The van der Waals surface area contributed by atoms with Crippen LogP contribution in [0.3, 0.4) is 0 Å². The van der Waals surface area contributed by atoms with Crippen molar-refractivity contribution < 1.29 is 17.8 Å². The van der Waals surface area contributed by atoms with Gasteiger partial charge in [0.1, 0.15) is 18.4 Å². The maximum Gasteiger partial charge on any atom is 0.230 e. The molecule has 4 rings (SSSR count). The molecule has 0 N–H and O–H groups in total. The second-order valence-corrected chi connectivity index (χ2v) is 5.54. The normalized spacial score (nSPS) is 11.5. The average Bonchev–Trinajstić information content (AvgIpc) is 2.86. The first-order valence-electron chi connectivity index (χ1n) is 7.19. The van der Waals surface area contributed by atoms with E-state index in [2.05, 4.69) is 4.98 Å². The summed E-state index contributed by atoms with van der Waals surface area (Å²) in [5.74, 6) is -1.03. The van der Waals surface area contributed by atoms with E-state index in [1.54, 1.807) is 6.07 Å². The van der Waals surface area contributed by atoms with E-state index in [4.69, 9.17) is 4.42 Å². The summed E-state index contributed by atoms with van der Waals surface area (Å²) in [6.07, 6.45) is 1.86. The number of fused-ring (bicyclic) bond motifs is 3. The molecule has 0 fully saturated rings. The van der Waals surface area contributed by atoms with Crippen molar-refractivity contribution in [2.24, 2.45) is 7.05 Å². The van der Waals surface area contributed by atoms with E-state index in [-0.39, 0.29) is 11.5 Å². The molecule has 3 nitrogen and oxygen atoms in total. The van der Waals surface area contributed by atoms with Crippen LogP contribution >= 0.6 is 0 Å². The molecule has 0 aliphatic carbocycles. The molecule has 0 aliphatic heterocycles. The van der Waals surface area contributed by atoms with Crippen LogP contribution in [-0.4, -0.2) is 4.98 Å². The monoisotopic (exact) mass is 311 g/mol. The van der Waals surface area contributed by atoms with Crippen molar-refractivity contribution in [3.8, 4) is 11.3 Å². The molecule has 3 heterocycles. The first-order valence-corrected chi connectivity index (χ1v) is 7.19. The van der Waals surface area contributed by atoms with E-state index < -0.39 is 5.95 Å². The van der Waals surface area contributed by atoms with Gasteiger partial charge in [0.25, 0.3) is 0 Å². The zero-order chi connectivity index (χ0) is 16.1. The molecule has 114 valence electrons. The predicted octanol–water partition coefficient (Wildman–Crippen LogP) is 4.06. The van der Waals surface area contributed by atoms with E-state index in [0.717, 1.165) is 11.3 Å². The summed E-state index contributed by atoms with van der Waals surface area (Å²) in [5.41, 5.74) is 2.49. The van der Waals surface area contributed by atoms with Crippen LogP contribution in [0, 0.1) is 18.7 Å². The topological polar surface area (TPSA) is 29.9 Å². The number of hydrogen-bond donors (Lipinski definition) is 0. The van der Waals surface area contributed by atoms with Gasteiger partial charge in [-0.25, -0.2) is 8.96 Å². The maximum atomic E-state index is 15.3. The average molecular weight is 311 g/mol. The van der Waals surface area contributed by atoms with Crippen molar-refractivity contribution in [1.29, 1.82) is 0 Å². The number of nitrogens with zero attached hydrogens (tertiary/aromatic N) is 2. The van der Waals surface area contributed by atoms with Crippen molar-refractivity contribution >= 4 is 22.1 Å². The Morgan fingerprint density at radius 1 is 1.13 bits per heavy atom. The lowest BCUT2D eigenvalue weighted by Gasteiger charge is -2.06.